The lowest BCUT2D eigenvalue weighted by Gasteiger charge is -2.49. The lowest BCUT2D eigenvalue weighted by atomic mass is 9.78. The molecule has 0 bridgehead atoms. The maximum atomic E-state index is 13.0. The van der Waals surface area contributed by atoms with E-state index in [4.69, 9.17) is 0 Å². The number of benzene rings is 1. The van der Waals surface area contributed by atoms with Crippen LogP contribution in [0, 0.1) is 0 Å². The Morgan fingerprint density at radius 3 is 2.43 bits per heavy atom. The quantitative estimate of drug-likeness (QED) is 0.752. The number of amides is 1. The highest BCUT2D eigenvalue weighted by Crippen LogP contribution is 2.36. The Morgan fingerprint density at radius 1 is 1.10 bits per heavy atom. The van der Waals surface area contributed by atoms with Crippen molar-refractivity contribution in [3.8, 4) is 0 Å². The first-order valence-corrected chi connectivity index (χ1v) is 9.18. The van der Waals surface area contributed by atoms with E-state index in [0.29, 0.717) is 0 Å². The van der Waals surface area contributed by atoms with Crippen LogP contribution in [-0.2, 0) is 0 Å². The van der Waals surface area contributed by atoms with Crippen molar-refractivity contribution in [1.29, 1.82) is 0 Å². The standard InChI is InChI=1S/C16H20Br2N2O/c17-13-8-12(9-14(18)10-13)15(21)20-7-6-19-11-16(20)4-2-1-3-5-16/h8-10,19H,1-7,11H2. The molecule has 0 radical (unpaired) electrons. The minimum absolute atomic E-state index is 0.0301. The number of nitrogens with one attached hydrogen (secondary N) is 1. The van der Waals surface area contributed by atoms with Crippen LogP contribution in [0.4, 0.5) is 0 Å². The van der Waals surface area contributed by atoms with Crippen LogP contribution in [0.1, 0.15) is 42.5 Å². The van der Waals surface area contributed by atoms with Gasteiger partial charge in [0.25, 0.3) is 5.91 Å². The molecule has 3 rings (SSSR count). The summed E-state index contributed by atoms with van der Waals surface area (Å²) in [5, 5.41) is 3.49. The molecule has 1 N–H and O–H groups in total. The zero-order valence-electron chi connectivity index (χ0n) is 12.0. The second-order valence-electron chi connectivity index (χ2n) is 6.08. The third-order valence-electron chi connectivity index (χ3n) is 4.68. The highest BCUT2D eigenvalue weighted by Gasteiger charge is 2.42. The Morgan fingerprint density at radius 2 is 1.76 bits per heavy atom. The number of hydrogen-bond acceptors (Lipinski definition) is 2. The van der Waals surface area contributed by atoms with Gasteiger partial charge in [-0.15, -0.1) is 0 Å². The van der Waals surface area contributed by atoms with Crippen molar-refractivity contribution in [3.05, 3.63) is 32.7 Å². The Balaban J connectivity index is 1.90. The van der Waals surface area contributed by atoms with Crippen molar-refractivity contribution >= 4 is 37.8 Å². The van der Waals surface area contributed by atoms with Gasteiger partial charge in [0.1, 0.15) is 0 Å². The van der Waals surface area contributed by atoms with Gasteiger partial charge < -0.3 is 10.2 Å². The second-order valence-corrected chi connectivity index (χ2v) is 7.91. The Bertz CT molecular complexity index is 513. The van der Waals surface area contributed by atoms with E-state index in [1.165, 1.54) is 19.3 Å². The molecule has 5 heteroatoms. The average Bonchev–Trinajstić information content (AvgIpc) is 2.47. The molecule has 2 fully saturated rings. The van der Waals surface area contributed by atoms with Gasteiger partial charge in [-0.25, -0.2) is 0 Å². The Hall–Kier alpha value is -0.390. The van der Waals surface area contributed by atoms with E-state index in [0.717, 1.165) is 47.0 Å². The van der Waals surface area contributed by atoms with Crippen molar-refractivity contribution in [2.24, 2.45) is 0 Å². The third-order valence-corrected chi connectivity index (χ3v) is 5.59. The predicted octanol–water partition coefficient (Wildman–Crippen LogP) is 3.96. The number of nitrogens with zero attached hydrogens (tertiary/aromatic N) is 1. The highest BCUT2D eigenvalue weighted by molar-refractivity contribution is 9.11. The molecule has 1 saturated heterocycles. The summed E-state index contributed by atoms with van der Waals surface area (Å²) in [7, 11) is 0. The molecule has 1 aliphatic heterocycles. The van der Waals surface area contributed by atoms with Crippen molar-refractivity contribution in [2.45, 2.75) is 37.6 Å². The van der Waals surface area contributed by atoms with Gasteiger partial charge in [0, 0.05) is 34.1 Å². The molecule has 0 unspecified atom stereocenters. The number of carbonyl (C=O) groups is 1. The maximum absolute atomic E-state index is 13.0. The van der Waals surface area contributed by atoms with Gasteiger partial charge in [-0.2, -0.15) is 0 Å². The number of hydrogen-bond donors (Lipinski definition) is 1. The van der Waals surface area contributed by atoms with Crippen LogP contribution in [0.25, 0.3) is 0 Å². The third kappa shape index (κ3) is 3.20. The minimum Gasteiger partial charge on any atom is -0.330 e. The van der Waals surface area contributed by atoms with Gasteiger partial charge in [-0.05, 0) is 31.0 Å². The largest absolute Gasteiger partial charge is 0.330 e. The molecule has 0 aromatic heterocycles. The van der Waals surface area contributed by atoms with Gasteiger partial charge in [0.2, 0.25) is 0 Å². The predicted molar refractivity (Wildman–Crippen MR) is 91.6 cm³/mol. The van der Waals surface area contributed by atoms with Crippen LogP contribution in [0.5, 0.6) is 0 Å². The van der Waals surface area contributed by atoms with Crippen molar-refractivity contribution in [3.63, 3.8) is 0 Å². The fourth-order valence-electron chi connectivity index (χ4n) is 3.65. The lowest BCUT2D eigenvalue weighted by molar-refractivity contribution is 0.0222. The molecule has 1 saturated carbocycles. The molecule has 2 aliphatic rings. The van der Waals surface area contributed by atoms with Crippen LogP contribution < -0.4 is 5.32 Å². The Kier molecular flexibility index (Phi) is 4.71. The summed E-state index contributed by atoms with van der Waals surface area (Å²) in [5.74, 6) is 0.167. The first-order chi connectivity index (χ1) is 10.1. The van der Waals surface area contributed by atoms with Crippen LogP contribution >= 0.6 is 31.9 Å². The molecular weight excluding hydrogens is 396 g/mol. The molecule has 1 amide bonds. The molecule has 1 heterocycles. The summed E-state index contributed by atoms with van der Waals surface area (Å²) < 4.78 is 1.88. The molecule has 1 aromatic rings. The number of rotatable bonds is 1. The fourth-order valence-corrected chi connectivity index (χ4v) is 4.94. The smallest absolute Gasteiger partial charge is 0.254 e. The van der Waals surface area contributed by atoms with E-state index in [2.05, 4.69) is 42.1 Å². The maximum Gasteiger partial charge on any atom is 0.254 e. The van der Waals surface area contributed by atoms with Crippen molar-refractivity contribution in [2.75, 3.05) is 19.6 Å². The van der Waals surface area contributed by atoms with Gasteiger partial charge in [0.05, 0.1) is 5.54 Å². The molecule has 3 nitrogen and oxygen atoms in total. The van der Waals surface area contributed by atoms with Crippen LogP contribution in [0.3, 0.4) is 0 Å². The van der Waals surface area contributed by atoms with Crippen LogP contribution in [-0.4, -0.2) is 36.0 Å². The average molecular weight is 416 g/mol. The fraction of sp³-hybridized carbons (Fsp3) is 0.562. The molecule has 21 heavy (non-hydrogen) atoms. The summed E-state index contributed by atoms with van der Waals surface area (Å²) in [6.07, 6.45) is 6.01. The normalized spacial score (nSPS) is 21.5. The van der Waals surface area contributed by atoms with Gasteiger partial charge in [-0.3, -0.25) is 4.79 Å². The van der Waals surface area contributed by atoms with E-state index in [9.17, 15) is 4.79 Å². The van der Waals surface area contributed by atoms with Crippen molar-refractivity contribution in [1.82, 2.24) is 10.2 Å². The Labute approximate surface area is 142 Å². The lowest BCUT2D eigenvalue weighted by Crippen LogP contribution is -2.63. The second kappa shape index (κ2) is 6.39. The van der Waals surface area contributed by atoms with Gasteiger partial charge in [-0.1, -0.05) is 51.1 Å². The zero-order chi connectivity index (χ0) is 14.9. The summed E-state index contributed by atoms with van der Waals surface area (Å²) in [4.78, 5) is 15.2. The molecular formula is C16H20Br2N2O. The molecule has 1 spiro atoms. The number of halogens is 2. The van der Waals surface area contributed by atoms with Crippen molar-refractivity contribution < 1.29 is 4.79 Å². The number of piperazine rings is 1. The summed E-state index contributed by atoms with van der Waals surface area (Å²) in [6.45, 7) is 2.64. The summed E-state index contributed by atoms with van der Waals surface area (Å²) in [5.41, 5.74) is 0.797. The summed E-state index contributed by atoms with van der Waals surface area (Å²) in [6, 6.07) is 5.81. The van der Waals surface area contributed by atoms with E-state index >= 15 is 0 Å². The first-order valence-electron chi connectivity index (χ1n) is 7.60. The van der Waals surface area contributed by atoms with Gasteiger partial charge in [0.15, 0.2) is 0 Å². The molecule has 0 atom stereocenters. The molecule has 1 aliphatic carbocycles. The SMILES string of the molecule is O=C(c1cc(Br)cc(Br)c1)N1CCNCC12CCCCC2. The van der Waals surface area contributed by atoms with E-state index in [1.807, 2.05) is 18.2 Å². The van der Waals surface area contributed by atoms with E-state index in [-0.39, 0.29) is 11.4 Å². The monoisotopic (exact) mass is 414 g/mol. The van der Waals surface area contributed by atoms with E-state index in [1.54, 1.807) is 0 Å². The zero-order valence-corrected chi connectivity index (χ0v) is 15.2. The minimum atomic E-state index is 0.0301. The van der Waals surface area contributed by atoms with Crippen LogP contribution in [0.15, 0.2) is 27.1 Å². The van der Waals surface area contributed by atoms with Crippen LogP contribution in [0.2, 0.25) is 0 Å². The van der Waals surface area contributed by atoms with E-state index < -0.39 is 0 Å². The first kappa shape index (κ1) is 15.5. The summed E-state index contributed by atoms with van der Waals surface area (Å²) >= 11 is 6.96. The molecule has 1 aromatic carbocycles. The molecule has 114 valence electrons. The van der Waals surface area contributed by atoms with Gasteiger partial charge >= 0.3 is 0 Å². The number of carbonyl (C=O) groups excluding carboxylic acids is 1. The topological polar surface area (TPSA) is 32.3 Å². The highest BCUT2D eigenvalue weighted by atomic mass is 79.9.